The largest absolute Gasteiger partial charge is 0.465 e. The molecule has 1 spiro atoms. The summed E-state index contributed by atoms with van der Waals surface area (Å²) >= 11 is 1.24. The maximum Gasteiger partial charge on any atom is 0.341 e. The normalized spacial score (nSPS) is 29.1. The first-order valence-corrected chi connectivity index (χ1v) is 12.7. The summed E-state index contributed by atoms with van der Waals surface area (Å²) in [5.74, 6) is -3.05. The third-order valence-corrected chi connectivity index (χ3v) is 9.85. The van der Waals surface area contributed by atoms with Crippen molar-refractivity contribution in [3.63, 3.8) is 0 Å². The molecule has 4 aliphatic heterocycles. The van der Waals surface area contributed by atoms with Crippen LogP contribution in [0.1, 0.15) is 50.3 Å². The fraction of sp³-hybridized carbons (Fsp3) is 0.462. The predicted molar refractivity (Wildman–Crippen MR) is 131 cm³/mol. The van der Waals surface area contributed by atoms with Gasteiger partial charge < -0.3 is 10.1 Å². The number of methoxy groups -OCH3 is 1. The molecule has 6 rings (SSSR count). The zero-order valence-corrected chi connectivity index (χ0v) is 21.2. The Bertz CT molecular complexity index is 1360. The second-order valence-corrected chi connectivity index (χ2v) is 11.2. The number of anilines is 2. The van der Waals surface area contributed by atoms with E-state index in [4.69, 9.17) is 4.74 Å². The van der Waals surface area contributed by atoms with Crippen molar-refractivity contribution in [1.29, 1.82) is 0 Å². The number of amides is 3. The molecule has 1 aromatic carbocycles. The van der Waals surface area contributed by atoms with E-state index in [0.29, 0.717) is 17.1 Å². The van der Waals surface area contributed by atoms with Crippen molar-refractivity contribution in [1.82, 2.24) is 4.90 Å². The van der Waals surface area contributed by atoms with Gasteiger partial charge in [0.25, 0.3) is 0 Å². The van der Waals surface area contributed by atoms with Crippen LogP contribution >= 0.6 is 11.3 Å². The molecule has 1 aromatic heterocycles. The van der Waals surface area contributed by atoms with E-state index in [-0.39, 0.29) is 23.4 Å². The number of hydrogen-bond donors (Lipinski definition) is 1. The summed E-state index contributed by atoms with van der Waals surface area (Å²) in [6.45, 7) is 8.26. The van der Waals surface area contributed by atoms with E-state index in [0.717, 1.165) is 40.1 Å². The minimum Gasteiger partial charge on any atom is -0.465 e. The summed E-state index contributed by atoms with van der Waals surface area (Å²) in [5.41, 5.74) is 3.26. The fourth-order valence-electron chi connectivity index (χ4n) is 6.83. The molecule has 8 nitrogen and oxygen atoms in total. The minimum atomic E-state index is -1.23. The van der Waals surface area contributed by atoms with Gasteiger partial charge >= 0.3 is 5.97 Å². The maximum absolute atomic E-state index is 14.2. The van der Waals surface area contributed by atoms with Crippen LogP contribution in [-0.2, 0) is 24.7 Å². The number of ether oxygens (including phenoxy) is 1. The summed E-state index contributed by atoms with van der Waals surface area (Å²) in [5, 5.41) is 3.37. The first-order valence-electron chi connectivity index (χ1n) is 11.9. The van der Waals surface area contributed by atoms with Crippen LogP contribution in [0.3, 0.4) is 0 Å². The van der Waals surface area contributed by atoms with Gasteiger partial charge in [-0.1, -0.05) is 12.1 Å². The molecule has 0 unspecified atom stereocenters. The van der Waals surface area contributed by atoms with E-state index < -0.39 is 29.3 Å². The highest BCUT2D eigenvalue weighted by Gasteiger charge is 2.75. The van der Waals surface area contributed by atoms with Crippen molar-refractivity contribution in [2.24, 2.45) is 11.8 Å². The fourth-order valence-corrected chi connectivity index (χ4v) is 7.98. The molecule has 35 heavy (non-hydrogen) atoms. The Balaban J connectivity index is 1.57. The molecule has 9 heteroatoms. The lowest BCUT2D eigenvalue weighted by Gasteiger charge is -2.36. The number of carbonyl (C=O) groups is 4. The van der Waals surface area contributed by atoms with Crippen molar-refractivity contribution in [2.75, 3.05) is 23.9 Å². The van der Waals surface area contributed by atoms with Crippen molar-refractivity contribution in [3.8, 4) is 0 Å². The van der Waals surface area contributed by atoms with Gasteiger partial charge in [-0.3, -0.25) is 19.3 Å². The van der Waals surface area contributed by atoms with E-state index in [1.54, 1.807) is 6.92 Å². The number of nitrogens with one attached hydrogen (secondary N) is 1. The van der Waals surface area contributed by atoms with Crippen molar-refractivity contribution < 1.29 is 23.9 Å². The average Bonchev–Trinajstić information content (AvgIpc) is 3.58. The molecule has 0 aliphatic carbocycles. The van der Waals surface area contributed by atoms with Crippen LogP contribution in [0.5, 0.6) is 0 Å². The molecule has 3 fully saturated rings. The molecular formula is C26H27N3O5S. The minimum absolute atomic E-state index is 0.205. The molecule has 5 heterocycles. The van der Waals surface area contributed by atoms with Gasteiger partial charge in [0, 0.05) is 22.2 Å². The summed E-state index contributed by atoms with van der Waals surface area (Å²) in [6, 6.07) is 3.71. The second kappa shape index (κ2) is 7.24. The Morgan fingerprint density at radius 1 is 1.11 bits per heavy atom. The van der Waals surface area contributed by atoms with E-state index >= 15 is 0 Å². The third-order valence-electron chi connectivity index (χ3n) is 8.66. The van der Waals surface area contributed by atoms with Crippen LogP contribution in [0.15, 0.2) is 12.1 Å². The molecule has 0 bridgehead atoms. The number of imide groups is 1. The lowest BCUT2D eigenvalue weighted by molar-refractivity contribution is -0.135. The van der Waals surface area contributed by atoms with E-state index in [9.17, 15) is 19.2 Å². The lowest BCUT2D eigenvalue weighted by atomic mass is 9.75. The predicted octanol–water partition coefficient (Wildman–Crippen LogP) is 3.20. The summed E-state index contributed by atoms with van der Waals surface area (Å²) in [7, 11) is 1.29. The third kappa shape index (κ3) is 2.50. The first-order chi connectivity index (χ1) is 16.7. The van der Waals surface area contributed by atoms with Crippen LogP contribution in [0.4, 0.5) is 10.7 Å². The Morgan fingerprint density at radius 3 is 2.57 bits per heavy atom. The van der Waals surface area contributed by atoms with Crippen LogP contribution in [0, 0.1) is 39.5 Å². The van der Waals surface area contributed by atoms with Crippen LogP contribution < -0.4 is 10.2 Å². The van der Waals surface area contributed by atoms with E-state index in [1.165, 1.54) is 23.3 Å². The van der Waals surface area contributed by atoms with Gasteiger partial charge in [-0.25, -0.2) is 9.69 Å². The van der Waals surface area contributed by atoms with E-state index in [2.05, 4.69) is 10.2 Å². The Hall–Kier alpha value is -3.04. The molecule has 4 aliphatic rings. The lowest BCUT2D eigenvalue weighted by Crippen LogP contribution is -2.54. The first kappa shape index (κ1) is 22.4. The van der Waals surface area contributed by atoms with Crippen LogP contribution in [0.2, 0.25) is 0 Å². The maximum atomic E-state index is 14.2. The Kier molecular flexibility index (Phi) is 4.64. The SMILES string of the molecule is COC(=O)c1c(N2C(=O)[C@@H]3[C@H]4CCCN4[C@]4(C(=O)Nc5c4ccc(C)c5C)[C@H]3C2=O)sc(C)c1C. The van der Waals surface area contributed by atoms with Gasteiger partial charge in [0.2, 0.25) is 17.7 Å². The van der Waals surface area contributed by atoms with Gasteiger partial charge in [-0.2, -0.15) is 0 Å². The number of esters is 1. The van der Waals surface area contributed by atoms with Gasteiger partial charge in [-0.15, -0.1) is 11.3 Å². The van der Waals surface area contributed by atoms with Gasteiger partial charge in [0.1, 0.15) is 10.5 Å². The number of thiophene rings is 1. The van der Waals surface area contributed by atoms with Crippen molar-refractivity contribution in [3.05, 3.63) is 44.8 Å². The Labute approximate surface area is 207 Å². The molecule has 0 radical (unpaired) electrons. The quantitative estimate of drug-likeness (QED) is 0.510. The van der Waals surface area contributed by atoms with Crippen molar-refractivity contribution in [2.45, 2.75) is 52.1 Å². The molecule has 3 saturated heterocycles. The summed E-state index contributed by atoms with van der Waals surface area (Å²) in [4.78, 5) is 58.9. The number of hydrogen-bond acceptors (Lipinski definition) is 7. The molecule has 2 aromatic rings. The number of rotatable bonds is 2. The molecular weight excluding hydrogens is 466 g/mol. The van der Waals surface area contributed by atoms with Gasteiger partial charge in [0.05, 0.1) is 24.5 Å². The number of fused-ring (bicyclic) bond motifs is 7. The van der Waals surface area contributed by atoms with E-state index in [1.807, 2.05) is 32.9 Å². The number of carbonyl (C=O) groups excluding carboxylic acids is 4. The molecule has 4 atom stereocenters. The molecule has 0 saturated carbocycles. The highest BCUT2D eigenvalue weighted by Crippen LogP contribution is 2.61. The smallest absolute Gasteiger partial charge is 0.341 e. The van der Waals surface area contributed by atoms with Crippen LogP contribution in [0.25, 0.3) is 0 Å². The van der Waals surface area contributed by atoms with Crippen molar-refractivity contribution >= 4 is 45.7 Å². The summed E-state index contributed by atoms with van der Waals surface area (Å²) < 4.78 is 4.99. The molecule has 3 amide bonds. The zero-order chi connectivity index (χ0) is 25.0. The standard InChI is InChI=1S/C26H27N3O5S/c1-11-8-9-15-20(12(11)2)27-25(33)26(15)19-18(16-7-6-10-28(16)26)21(30)29(22(19)31)23-17(24(32)34-5)13(3)14(4)35-23/h8-9,16,18-19H,6-7,10H2,1-5H3,(H,27,33)/t16-,18-,19-,26+/m1/s1. The zero-order valence-electron chi connectivity index (χ0n) is 20.4. The Morgan fingerprint density at radius 2 is 1.86 bits per heavy atom. The number of benzene rings is 1. The topological polar surface area (TPSA) is 96.0 Å². The highest BCUT2D eigenvalue weighted by molar-refractivity contribution is 7.17. The van der Waals surface area contributed by atoms with Gasteiger partial charge in [-0.05, 0) is 63.8 Å². The van der Waals surface area contributed by atoms with Crippen LogP contribution in [-0.4, -0.2) is 48.3 Å². The molecule has 182 valence electrons. The highest BCUT2D eigenvalue weighted by atomic mass is 32.1. The monoisotopic (exact) mass is 493 g/mol. The number of aryl methyl sites for hydroxylation is 2. The second-order valence-electron chi connectivity index (χ2n) is 10.0. The van der Waals surface area contributed by atoms with Gasteiger partial charge in [0.15, 0.2) is 0 Å². The molecule has 1 N–H and O–H groups in total. The number of nitrogens with zero attached hydrogens (tertiary/aromatic N) is 2. The summed E-state index contributed by atoms with van der Waals surface area (Å²) in [6.07, 6.45) is 1.60. The average molecular weight is 494 g/mol.